The fourth-order valence-electron chi connectivity index (χ4n) is 2.34. The van der Waals surface area contributed by atoms with Gasteiger partial charge in [-0.15, -0.1) is 0 Å². The average molecular weight is 227 g/mol. The zero-order chi connectivity index (χ0) is 12.1. The van der Waals surface area contributed by atoms with Crippen molar-refractivity contribution in [2.24, 2.45) is 11.8 Å². The van der Waals surface area contributed by atoms with Crippen molar-refractivity contribution >= 4 is 11.9 Å². The SMILES string of the molecule is CC(C)CC(CC(=O)O)CN1CCCC1=O. The predicted octanol–water partition coefficient (Wildman–Crippen LogP) is 1.75. The maximum absolute atomic E-state index is 11.5. The number of carboxylic acids is 1. The first-order valence-corrected chi connectivity index (χ1v) is 5.98. The second-order valence-electron chi connectivity index (χ2n) is 5.04. The summed E-state index contributed by atoms with van der Waals surface area (Å²) in [5, 5.41) is 8.83. The van der Waals surface area contributed by atoms with E-state index in [0.29, 0.717) is 18.9 Å². The van der Waals surface area contributed by atoms with Crippen LogP contribution >= 0.6 is 0 Å². The lowest BCUT2D eigenvalue weighted by Crippen LogP contribution is -2.32. The van der Waals surface area contributed by atoms with Crippen LogP contribution in [0.1, 0.15) is 39.5 Å². The highest BCUT2D eigenvalue weighted by Gasteiger charge is 2.25. The molecule has 1 aliphatic heterocycles. The van der Waals surface area contributed by atoms with Crippen molar-refractivity contribution in [3.8, 4) is 0 Å². The number of rotatable bonds is 6. The quantitative estimate of drug-likeness (QED) is 0.752. The summed E-state index contributed by atoms with van der Waals surface area (Å²) in [4.78, 5) is 24.0. The first kappa shape index (κ1) is 13.0. The van der Waals surface area contributed by atoms with Crippen LogP contribution < -0.4 is 0 Å². The smallest absolute Gasteiger partial charge is 0.303 e. The number of nitrogens with zero attached hydrogens (tertiary/aromatic N) is 1. The molecule has 1 unspecified atom stereocenters. The molecule has 1 heterocycles. The van der Waals surface area contributed by atoms with Gasteiger partial charge in [-0.25, -0.2) is 0 Å². The molecule has 0 aromatic heterocycles. The molecular weight excluding hydrogens is 206 g/mol. The molecule has 0 radical (unpaired) electrons. The minimum atomic E-state index is -0.766. The van der Waals surface area contributed by atoms with Crippen LogP contribution in [-0.4, -0.2) is 35.0 Å². The molecule has 1 saturated heterocycles. The summed E-state index contributed by atoms with van der Waals surface area (Å²) in [5.41, 5.74) is 0. The molecule has 1 rings (SSSR count). The van der Waals surface area contributed by atoms with Crippen molar-refractivity contribution in [3.05, 3.63) is 0 Å². The molecule has 1 fully saturated rings. The van der Waals surface area contributed by atoms with E-state index in [2.05, 4.69) is 13.8 Å². The van der Waals surface area contributed by atoms with Gasteiger partial charge in [0.2, 0.25) is 5.91 Å². The first-order valence-electron chi connectivity index (χ1n) is 5.98. The highest BCUT2D eigenvalue weighted by Crippen LogP contribution is 2.20. The summed E-state index contributed by atoms with van der Waals surface area (Å²) >= 11 is 0. The van der Waals surface area contributed by atoms with E-state index in [1.807, 2.05) is 4.90 Å². The summed E-state index contributed by atoms with van der Waals surface area (Å²) in [6, 6.07) is 0. The lowest BCUT2D eigenvalue weighted by molar-refractivity contribution is -0.139. The second kappa shape index (κ2) is 5.87. The Hall–Kier alpha value is -1.06. The van der Waals surface area contributed by atoms with E-state index in [1.54, 1.807) is 0 Å². The third-order valence-electron chi connectivity index (χ3n) is 2.92. The maximum atomic E-state index is 11.5. The molecule has 0 saturated carbocycles. The summed E-state index contributed by atoms with van der Waals surface area (Å²) in [7, 11) is 0. The van der Waals surface area contributed by atoms with E-state index in [0.717, 1.165) is 19.4 Å². The van der Waals surface area contributed by atoms with Crippen LogP contribution in [0.5, 0.6) is 0 Å². The average Bonchev–Trinajstić information content (AvgIpc) is 2.49. The Morgan fingerprint density at radius 2 is 2.19 bits per heavy atom. The molecule has 1 aliphatic rings. The van der Waals surface area contributed by atoms with E-state index < -0.39 is 5.97 Å². The molecule has 0 aromatic carbocycles. The minimum absolute atomic E-state index is 0.0968. The fraction of sp³-hybridized carbons (Fsp3) is 0.833. The zero-order valence-electron chi connectivity index (χ0n) is 10.1. The molecule has 4 heteroatoms. The molecule has 1 atom stereocenters. The van der Waals surface area contributed by atoms with Crippen molar-refractivity contribution in [3.63, 3.8) is 0 Å². The highest BCUT2D eigenvalue weighted by molar-refractivity contribution is 5.78. The van der Waals surface area contributed by atoms with Gasteiger partial charge in [-0.3, -0.25) is 9.59 Å². The van der Waals surface area contributed by atoms with Gasteiger partial charge in [-0.05, 0) is 24.7 Å². The van der Waals surface area contributed by atoms with E-state index in [1.165, 1.54) is 0 Å². The number of aliphatic carboxylic acids is 1. The Bertz CT molecular complexity index is 263. The van der Waals surface area contributed by atoms with Crippen molar-refractivity contribution in [2.75, 3.05) is 13.1 Å². The molecule has 92 valence electrons. The van der Waals surface area contributed by atoms with Crippen LogP contribution in [0.4, 0.5) is 0 Å². The van der Waals surface area contributed by atoms with Gasteiger partial charge >= 0.3 is 5.97 Å². The third kappa shape index (κ3) is 4.21. The second-order valence-corrected chi connectivity index (χ2v) is 5.04. The number of carboxylic acid groups (broad SMARTS) is 1. The number of amides is 1. The largest absolute Gasteiger partial charge is 0.481 e. The number of likely N-dealkylation sites (tertiary alicyclic amines) is 1. The van der Waals surface area contributed by atoms with E-state index in [9.17, 15) is 9.59 Å². The summed E-state index contributed by atoms with van der Waals surface area (Å²) in [6.07, 6.45) is 2.58. The summed E-state index contributed by atoms with van der Waals surface area (Å²) < 4.78 is 0. The van der Waals surface area contributed by atoms with Gasteiger partial charge in [0.15, 0.2) is 0 Å². The Morgan fingerprint density at radius 1 is 1.50 bits per heavy atom. The number of carbonyl (C=O) groups excluding carboxylic acids is 1. The lowest BCUT2D eigenvalue weighted by Gasteiger charge is -2.23. The molecule has 0 spiro atoms. The van der Waals surface area contributed by atoms with Gasteiger partial charge in [-0.1, -0.05) is 13.8 Å². The minimum Gasteiger partial charge on any atom is -0.481 e. The molecule has 0 bridgehead atoms. The van der Waals surface area contributed by atoms with Crippen LogP contribution in [0.15, 0.2) is 0 Å². The number of hydrogen-bond donors (Lipinski definition) is 1. The summed E-state index contributed by atoms with van der Waals surface area (Å²) in [5.74, 6) is -0.0157. The molecule has 0 aromatic rings. The van der Waals surface area contributed by atoms with Crippen LogP contribution in [0.2, 0.25) is 0 Å². The van der Waals surface area contributed by atoms with Crippen molar-refractivity contribution in [2.45, 2.75) is 39.5 Å². The molecule has 1 N–H and O–H groups in total. The van der Waals surface area contributed by atoms with E-state index >= 15 is 0 Å². The highest BCUT2D eigenvalue weighted by atomic mass is 16.4. The predicted molar refractivity (Wildman–Crippen MR) is 61.0 cm³/mol. The van der Waals surface area contributed by atoms with Crippen molar-refractivity contribution in [1.29, 1.82) is 0 Å². The molecule has 4 nitrogen and oxygen atoms in total. The maximum Gasteiger partial charge on any atom is 0.303 e. The van der Waals surface area contributed by atoms with Gasteiger partial charge in [-0.2, -0.15) is 0 Å². The van der Waals surface area contributed by atoms with Crippen LogP contribution in [0.3, 0.4) is 0 Å². The van der Waals surface area contributed by atoms with Gasteiger partial charge < -0.3 is 10.0 Å². The molecular formula is C12H21NO3. The van der Waals surface area contributed by atoms with Crippen molar-refractivity contribution in [1.82, 2.24) is 4.90 Å². The fourth-order valence-corrected chi connectivity index (χ4v) is 2.34. The molecule has 0 aliphatic carbocycles. The lowest BCUT2D eigenvalue weighted by atomic mass is 9.93. The normalized spacial score (nSPS) is 18.2. The first-order chi connectivity index (χ1) is 7.49. The van der Waals surface area contributed by atoms with E-state index in [-0.39, 0.29) is 18.2 Å². The van der Waals surface area contributed by atoms with Gasteiger partial charge in [0, 0.05) is 25.9 Å². The van der Waals surface area contributed by atoms with Crippen LogP contribution in [0.25, 0.3) is 0 Å². The Kier molecular flexibility index (Phi) is 4.77. The standard InChI is InChI=1S/C12H21NO3/c1-9(2)6-10(7-12(15)16)8-13-5-3-4-11(13)14/h9-10H,3-8H2,1-2H3,(H,15,16). The third-order valence-corrected chi connectivity index (χ3v) is 2.92. The van der Waals surface area contributed by atoms with Crippen LogP contribution in [0, 0.1) is 11.8 Å². The topological polar surface area (TPSA) is 57.6 Å². The Balaban J connectivity index is 2.48. The Labute approximate surface area is 96.6 Å². The van der Waals surface area contributed by atoms with Gasteiger partial charge in [0.05, 0.1) is 0 Å². The Morgan fingerprint density at radius 3 is 2.62 bits per heavy atom. The molecule has 1 amide bonds. The molecule has 16 heavy (non-hydrogen) atoms. The van der Waals surface area contributed by atoms with E-state index in [4.69, 9.17) is 5.11 Å². The van der Waals surface area contributed by atoms with Crippen molar-refractivity contribution < 1.29 is 14.7 Å². The monoisotopic (exact) mass is 227 g/mol. The van der Waals surface area contributed by atoms with Crippen LogP contribution in [-0.2, 0) is 9.59 Å². The number of hydrogen-bond acceptors (Lipinski definition) is 2. The summed E-state index contributed by atoms with van der Waals surface area (Å²) in [6.45, 7) is 5.58. The zero-order valence-corrected chi connectivity index (χ0v) is 10.1. The van der Waals surface area contributed by atoms with Gasteiger partial charge in [0.1, 0.15) is 0 Å². The number of carbonyl (C=O) groups is 2. The van der Waals surface area contributed by atoms with Gasteiger partial charge in [0.25, 0.3) is 0 Å².